The van der Waals surface area contributed by atoms with E-state index >= 15 is 0 Å². The first-order valence-corrected chi connectivity index (χ1v) is 14.0. The van der Waals surface area contributed by atoms with Gasteiger partial charge in [0.25, 0.3) is 0 Å². The van der Waals surface area contributed by atoms with E-state index in [1.54, 1.807) is 0 Å². The first kappa shape index (κ1) is 22.4. The fraction of sp³-hybridized carbons (Fsp3) is 0.500. The van der Waals surface area contributed by atoms with Crippen molar-refractivity contribution < 1.29 is 8.42 Å². The average molecular weight is 465 g/mol. The summed E-state index contributed by atoms with van der Waals surface area (Å²) in [6, 6.07) is 12.7. The van der Waals surface area contributed by atoms with Crippen LogP contribution in [0, 0.1) is 5.92 Å². The maximum absolute atomic E-state index is 13.1. The molecule has 0 atom stereocenters. The third-order valence-corrected chi connectivity index (χ3v) is 8.57. The highest BCUT2D eigenvalue weighted by atomic mass is 32.2. The highest BCUT2D eigenvalue weighted by molar-refractivity contribution is 7.90. The summed E-state index contributed by atoms with van der Waals surface area (Å²) in [5, 5.41) is 11.7. The average Bonchev–Trinajstić information content (AvgIpc) is 3.32. The van der Waals surface area contributed by atoms with Gasteiger partial charge in [-0.25, -0.2) is 13.4 Å². The van der Waals surface area contributed by atoms with Crippen molar-refractivity contribution in [3.8, 4) is 11.1 Å². The van der Waals surface area contributed by atoms with Crippen molar-refractivity contribution in [2.24, 2.45) is 21.1 Å². The molecule has 1 N–H and O–H groups in total. The fourth-order valence-electron chi connectivity index (χ4n) is 5.30. The first-order valence-electron chi connectivity index (χ1n) is 12.1. The molecule has 174 valence electrons. The molecule has 0 unspecified atom stereocenters. The molecule has 1 saturated carbocycles. The molecular formula is C26H32N4O2S. The third-order valence-electron chi connectivity index (χ3n) is 7.36. The van der Waals surface area contributed by atoms with Crippen LogP contribution >= 0.6 is 0 Å². The van der Waals surface area contributed by atoms with Crippen LogP contribution in [0.4, 0.5) is 0 Å². The number of aryl methyl sites for hydroxylation is 1. The minimum absolute atomic E-state index is 0.249. The van der Waals surface area contributed by atoms with E-state index in [0.717, 1.165) is 55.5 Å². The van der Waals surface area contributed by atoms with Gasteiger partial charge in [-0.1, -0.05) is 55.7 Å². The Morgan fingerprint density at radius 3 is 2.36 bits per heavy atom. The van der Waals surface area contributed by atoms with E-state index in [1.807, 2.05) is 6.07 Å². The van der Waals surface area contributed by atoms with Crippen LogP contribution in [0.2, 0.25) is 0 Å². The van der Waals surface area contributed by atoms with Gasteiger partial charge in [-0.2, -0.15) is 5.11 Å². The summed E-state index contributed by atoms with van der Waals surface area (Å²) in [6.07, 6.45) is 9.19. The lowest BCUT2D eigenvalue weighted by atomic mass is 9.81. The topological polar surface area (TPSA) is 83.2 Å². The molecule has 2 fully saturated rings. The molecule has 7 heteroatoms. The van der Waals surface area contributed by atoms with Gasteiger partial charge in [-0.3, -0.25) is 0 Å². The van der Waals surface area contributed by atoms with Gasteiger partial charge in [0.1, 0.15) is 0 Å². The predicted molar refractivity (Wildman–Crippen MR) is 132 cm³/mol. The molecule has 0 bridgehead atoms. The number of benzene rings is 2. The number of sulfone groups is 1. The van der Waals surface area contributed by atoms with Crippen molar-refractivity contribution >= 4 is 15.7 Å². The van der Waals surface area contributed by atoms with E-state index < -0.39 is 9.84 Å². The predicted octanol–water partition coefficient (Wildman–Crippen LogP) is 5.13. The number of aliphatic imine (C=N–C) groups is 1. The molecule has 0 radical (unpaired) electrons. The third kappa shape index (κ3) is 4.80. The van der Waals surface area contributed by atoms with Crippen LogP contribution in [0.3, 0.4) is 0 Å². The number of nitrogens with one attached hydrogen (secondary N) is 1. The summed E-state index contributed by atoms with van der Waals surface area (Å²) in [6.45, 7) is 2.36. The van der Waals surface area contributed by atoms with Gasteiger partial charge in [0.05, 0.1) is 4.90 Å². The van der Waals surface area contributed by atoms with Crippen LogP contribution in [0.25, 0.3) is 11.1 Å². The van der Waals surface area contributed by atoms with Crippen LogP contribution in [-0.2, 0) is 16.3 Å². The molecular weight excluding hydrogens is 432 g/mol. The molecule has 6 nitrogen and oxygen atoms in total. The summed E-state index contributed by atoms with van der Waals surface area (Å²) in [5.74, 6) is 1.72. The molecule has 5 rings (SSSR count). The largest absolute Gasteiger partial charge is 0.317 e. The highest BCUT2D eigenvalue weighted by Crippen LogP contribution is 2.37. The van der Waals surface area contributed by atoms with E-state index in [4.69, 9.17) is 0 Å². The molecule has 2 heterocycles. The van der Waals surface area contributed by atoms with Gasteiger partial charge < -0.3 is 5.32 Å². The van der Waals surface area contributed by atoms with Gasteiger partial charge in [-0.15, -0.1) is 5.11 Å². The number of rotatable bonds is 7. The second kappa shape index (κ2) is 9.47. The SMILES string of the molecule is CS(=O)(=O)c1c(CCC2CCC2)ccc(-c2ccc(C3CCNCC3)cc2)c1C1=NCN=N1. The number of hydrogen-bond donors (Lipinski definition) is 1. The van der Waals surface area contributed by atoms with Crippen LogP contribution in [0.5, 0.6) is 0 Å². The van der Waals surface area contributed by atoms with Crippen LogP contribution in [0.1, 0.15) is 61.1 Å². The summed E-state index contributed by atoms with van der Waals surface area (Å²) in [7, 11) is -3.48. The molecule has 2 aromatic rings. The summed E-state index contributed by atoms with van der Waals surface area (Å²) < 4.78 is 26.1. The number of azo groups is 1. The number of nitrogens with zero attached hydrogens (tertiary/aromatic N) is 3. The Morgan fingerprint density at radius 1 is 1.00 bits per heavy atom. The molecule has 1 saturated heterocycles. The van der Waals surface area contributed by atoms with Gasteiger partial charge >= 0.3 is 0 Å². The van der Waals surface area contributed by atoms with Gasteiger partial charge in [-0.05, 0) is 72.9 Å². The Bertz CT molecular complexity index is 1180. The van der Waals surface area contributed by atoms with E-state index in [2.05, 4.69) is 50.9 Å². The lowest BCUT2D eigenvalue weighted by Crippen LogP contribution is -2.26. The van der Waals surface area contributed by atoms with Crippen LogP contribution < -0.4 is 5.32 Å². The Labute approximate surface area is 196 Å². The molecule has 33 heavy (non-hydrogen) atoms. The monoisotopic (exact) mass is 464 g/mol. The van der Waals surface area contributed by atoms with Crippen LogP contribution in [-0.4, -0.2) is 40.3 Å². The maximum atomic E-state index is 13.1. The van der Waals surface area contributed by atoms with Crippen molar-refractivity contribution in [2.75, 3.05) is 26.0 Å². The standard InChI is InChI=1S/C26H32N4O2S/c1-33(31,32)25-22(6-5-18-3-2-4-18)11-12-23(24(25)26-28-17-29-30-26)21-9-7-19(8-10-21)20-13-15-27-16-14-20/h7-12,18,20,27H,2-6,13-17H2,1H3. The van der Waals surface area contributed by atoms with Crippen molar-refractivity contribution in [1.82, 2.24) is 5.32 Å². The van der Waals surface area contributed by atoms with Gasteiger partial charge in [0.15, 0.2) is 22.3 Å². The summed E-state index contributed by atoms with van der Waals surface area (Å²) in [4.78, 5) is 4.81. The summed E-state index contributed by atoms with van der Waals surface area (Å²) >= 11 is 0. The van der Waals surface area contributed by atoms with Gasteiger partial charge in [0, 0.05) is 11.8 Å². The number of hydrogen-bond acceptors (Lipinski definition) is 6. The fourth-order valence-corrected chi connectivity index (χ4v) is 6.52. The normalized spacial score (nSPS) is 19.5. The Kier molecular flexibility index (Phi) is 6.43. The Balaban J connectivity index is 1.57. The maximum Gasteiger partial charge on any atom is 0.180 e. The molecule has 2 aliphatic heterocycles. The molecule has 0 amide bonds. The van der Waals surface area contributed by atoms with E-state index in [-0.39, 0.29) is 6.67 Å². The van der Waals surface area contributed by atoms with Crippen LogP contribution in [0.15, 0.2) is 56.5 Å². The molecule has 0 aromatic heterocycles. The smallest absolute Gasteiger partial charge is 0.180 e. The zero-order valence-electron chi connectivity index (χ0n) is 19.3. The first-order chi connectivity index (χ1) is 16.0. The lowest BCUT2D eigenvalue weighted by Gasteiger charge is -2.26. The zero-order valence-corrected chi connectivity index (χ0v) is 20.1. The van der Waals surface area contributed by atoms with E-state index in [1.165, 1.54) is 31.1 Å². The zero-order chi connectivity index (χ0) is 22.8. The van der Waals surface area contributed by atoms with Gasteiger partial charge in [0.2, 0.25) is 0 Å². The Morgan fingerprint density at radius 2 is 1.76 bits per heavy atom. The quantitative estimate of drug-likeness (QED) is 0.617. The van der Waals surface area contributed by atoms with E-state index in [0.29, 0.717) is 28.1 Å². The molecule has 1 aliphatic carbocycles. The number of piperidine rings is 1. The lowest BCUT2D eigenvalue weighted by molar-refractivity contribution is 0.296. The second-order valence-electron chi connectivity index (χ2n) is 9.59. The molecule has 3 aliphatic rings. The minimum atomic E-state index is -3.48. The van der Waals surface area contributed by atoms with Crippen molar-refractivity contribution in [1.29, 1.82) is 0 Å². The van der Waals surface area contributed by atoms with Crippen molar-refractivity contribution in [2.45, 2.75) is 55.8 Å². The molecule has 2 aromatic carbocycles. The Hall–Kier alpha value is -2.38. The van der Waals surface area contributed by atoms with Crippen molar-refractivity contribution in [3.05, 3.63) is 53.1 Å². The highest BCUT2D eigenvalue weighted by Gasteiger charge is 2.28. The van der Waals surface area contributed by atoms with Crippen molar-refractivity contribution in [3.63, 3.8) is 0 Å². The minimum Gasteiger partial charge on any atom is -0.317 e. The number of amidine groups is 1. The second-order valence-corrected chi connectivity index (χ2v) is 11.5. The van der Waals surface area contributed by atoms with E-state index in [9.17, 15) is 8.42 Å². The summed E-state index contributed by atoms with van der Waals surface area (Å²) in [5.41, 5.74) is 4.68. The molecule has 0 spiro atoms.